The second-order valence-corrected chi connectivity index (χ2v) is 8.88. The van der Waals surface area contributed by atoms with Gasteiger partial charge >= 0.3 is 0 Å². The summed E-state index contributed by atoms with van der Waals surface area (Å²) in [5.41, 5.74) is 1.47. The van der Waals surface area contributed by atoms with E-state index in [4.69, 9.17) is 4.74 Å². The van der Waals surface area contributed by atoms with E-state index in [0.717, 1.165) is 18.4 Å². The van der Waals surface area contributed by atoms with Crippen molar-refractivity contribution >= 4 is 21.6 Å². The number of nitrogens with zero attached hydrogens (tertiary/aromatic N) is 1. The minimum absolute atomic E-state index is 0.224. The first-order chi connectivity index (χ1) is 13.8. The number of aryl methyl sites for hydroxylation is 1. The van der Waals surface area contributed by atoms with Crippen LogP contribution in [0.1, 0.15) is 39.2 Å². The number of hydrogen-bond donors (Lipinski definition) is 1. The molecule has 0 aliphatic carbocycles. The van der Waals surface area contributed by atoms with Crippen LogP contribution < -0.4 is 10.1 Å². The Labute approximate surface area is 173 Å². The first-order valence-electron chi connectivity index (χ1n) is 9.93. The molecule has 0 bridgehead atoms. The molecule has 29 heavy (non-hydrogen) atoms. The molecule has 1 unspecified atom stereocenters. The summed E-state index contributed by atoms with van der Waals surface area (Å²) in [5.74, 6) is 0.353. The Morgan fingerprint density at radius 1 is 1.03 bits per heavy atom. The van der Waals surface area contributed by atoms with E-state index in [1.54, 1.807) is 19.1 Å². The quantitative estimate of drug-likeness (QED) is 0.627. The number of sulfonamides is 1. The van der Waals surface area contributed by atoms with Crippen molar-refractivity contribution in [2.45, 2.75) is 51.5 Å². The van der Waals surface area contributed by atoms with Crippen LogP contribution in [0.4, 0.5) is 5.69 Å². The molecular weight excluding hydrogens is 388 g/mol. The Morgan fingerprint density at radius 3 is 2.17 bits per heavy atom. The molecule has 1 N–H and O–H groups in total. The van der Waals surface area contributed by atoms with E-state index in [9.17, 15) is 13.2 Å². The number of hydrogen-bond acceptors (Lipinski definition) is 4. The number of benzene rings is 2. The molecule has 6 nitrogen and oxygen atoms in total. The van der Waals surface area contributed by atoms with Crippen LogP contribution in [-0.4, -0.2) is 37.8 Å². The van der Waals surface area contributed by atoms with Crippen molar-refractivity contribution in [3.8, 4) is 5.75 Å². The van der Waals surface area contributed by atoms with Gasteiger partial charge in [-0.2, -0.15) is 4.31 Å². The summed E-state index contributed by atoms with van der Waals surface area (Å²) in [6.45, 7) is 8.48. The van der Waals surface area contributed by atoms with Crippen LogP contribution in [0.5, 0.6) is 5.75 Å². The van der Waals surface area contributed by atoms with Crippen molar-refractivity contribution in [3.05, 3.63) is 54.1 Å². The molecular formula is C22H30N2O4S. The lowest BCUT2D eigenvalue weighted by atomic mass is 10.2. The topological polar surface area (TPSA) is 75.7 Å². The maximum absolute atomic E-state index is 12.8. The largest absolute Gasteiger partial charge is 0.481 e. The van der Waals surface area contributed by atoms with Crippen molar-refractivity contribution in [1.29, 1.82) is 0 Å². The number of rotatable bonds is 10. The highest BCUT2D eigenvalue weighted by Crippen LogP contribution is 2.21. The molecule has 0 heterocycles. The first-order valence-corrected chi connectivity index (χ1v) is 11.4. The predicted octanol–water partition coefficient (Wildman–Crippen LogP) is 4.21. The lowest BCUT2D eigenvalue weighted by Gasteiger charge is -2.21. The zero-order chi connectivity index (χ0) is 21.4. The van der Waals surface area contributed by atoms with Gasteiger partial charge in [0.2, 0.25) is 10.0 Å². The summed E-state index contributed by atoms with van der Waals surface area (Å²) in [4.78, 5) is 12.6. The normalized spacial score (nSPS) is 12.6. The number of carbonyl (C=O) groups is 1. The third-order valence-electron chi connectivity index (χ3n) is 4.47. The fourth-order valence-corrected chi connectivity index (χ4v) is 4.51. The van der Waals surface area contributed by atoms with Crippen LogP contribution in [0.15, 0.2) is 53.4 Å². The van der Waals surface area contributed by atoms with Gasteiger partial charge in [-0.15, -0.1) is 0 Å². The molecule has 7 heteroatoms. The minimum Gasteiger partial charge on any atom is -0.481 e. The molecule has 0 spiro atoms. The number of para-hydroxylation sites is 1. The van der Waals surface area contributed by atoms with E-state index in [1.807, 2.05) is 45.0 Å². The van der Waals surface area contributed by atoms with E-state index >= 15 is 0 Å². The van der Waals surface area contributed by atoms with Gasteiger partial charge in [0.15, 0.2) is 6.10 Å². The van der Waals surface area contributed by atoms with Crippen molar-refractivity contribution in [2.75, 3.05) is 18.4 Å². The van der Waals surface area contributed by atoms with Gasteiger partial charge in [0.25, 0.3) is 5.91 Å². The molecule has 0 aromatic heterocycles. The second kappa shape index (κ2) is 10.4. The van der Waals surface area contributed by atoms with Gasteiger partial charge in [-0.25, -0.2) is 8.42 Å². The van der Waals surface area contributed by atoms with E-state index in [0.29, 0.717) is 24.5 Å². The molecule has 0 aliphatic rings. The smallest absolute Gasteiger partial charge is 0.265 e. The van der Waals surface area contributed by atoms with Gasteiger partial charge in [0.05, 0.1) is 4.90 Å². The SMILES string of the molecule is CCCN(CCC)S(=O)(=O)c1ccc(NC(=O)C(C)Oc2ccccc2C)cc1. The highest BCUT2D eigenvalue weighted by molar-refractivity contribution is 7.89. The molecule has 1 amide bonds. The van der Waals surface area contributed by atoms with Crippen molar-refractivity contribution < 1.29 is 17.9 Å². The van der Waals surface area contributed by atoms with Gasteiger partial charge in [-0.05, 0) is 62.6 Å². The summed E-state index contributed by atoms with van der Waals surface area (Å²) in [7, 11) is -3.54. The zero-order valence-corrected chi connectivity index (χ0v) is 18.3. The van der Waals surface area contributed by atoms with Crippen molar-refractivity contribution in [1.82, 2.24) is 4.31 Å². The third kappa shape index (κ3) is 6.05. The maximum Gasteiger partial charge on any atom is 0.265 e. The van der Waals surface area contributed by atoms with E-state index in [2.05, 4.69) is 5.32 Å². The Kier molecular flexibility index (Phi) is 8.22. The maximum atomic E-state index is 12.8. The summed E-state index contributed by atoms with van der Waals surface area (Å²) in [6, 6.07) is 13.7. The fourth-order valence-electron chi connectivity index (χ4n) is 2.89. The predicted molar refractivity (Wildman–Crippen MR) is 116 cm³/mol. The van der Waals surface area contributed by atoms with Gasteiger partial charge in [0.1, 0.15) is 5.75 Å². The van der Waals surface area contributed by atoms with E-state index in [1.165, 1.54) is 16.4 Å². The van der Waals surface area contributed by atoms with Gasteiger partial charge in [-0.3, -0.25) is 4.79 Å². The Bertz CT molecular complexity index is 905. The second-order valence-electron chi connectivity index (χ2n) is 6.94. The molecule has 158 valence electrons. The average Bonchev–Trinajstić information content (AvgIpc) is 2.70. The Hall–Kier alpha value is -2.38. The van der Waals surface area contributed by atoms with Gasteiger partial charge in [-0.1, -0.05) is 32.0 Å². The minimum atomic E-state index is -3.54. The highest BCUT2D eigenvalue weighted by Gasteiger charge is 2.23. The summed E-state index contributed by atoms with van der Waals surface area (Å²) < 4.78 is 32.8. The number of ether oxygens (including phenoxy) is 1. The van der Waals surface area contributed by atoms with Crippen LogP contribution in [0, 0.1) is 6.92 Å². The molecule has 0 aliphatic heterocycles. The number of nitrogens with one attached hydrogen (secondary N) is 1. The molecule has 0 saturated heterocycles. The van der Waals surface area contributed by atoms with Gasteiger partial charge < -0.3 is 10.1 Å². The third-order valence-corrected chi connectivity index (χ3v) is 6.39. The number of amides is 1. The van der Waals surface area contributed by atoms with E-state index in [-0.39, 0.29) is 10.8 Å². The molecule has 2 rings (SSSR count). The monoisotopic (exact) mass is 418 g/mol. The van der Waals surface area contributed by atoms with Crippen LogP contribution >= 0.6 is 0 Å². The highest BCUT2D eigenvalue weighted by atomic mass is 32.2. The lowest BCUT2D eigenvalue weighted by molar-refractivity contribution is -0.122. The van der Waals surface area contributed by atoms with Crippen LogP contribution in [-0.2, 0) is 14.8 Å². The zero-order valence-electron chi connectivity index (χ0n) is 17.5. The van der Waals surface area contributed by atoms with Crippen LogP contribution in [0.25, 0.3) is 0 Å². The standard InChI is InChI=1S/C22H30N2O4S/c1-5-15-24(16-6-2)29(26,27)20-13-11-19(12-14-20)23-22(25)18(4)28-21-10-8-7-9-17(21)3/h7-14,18H,5-6,15-16H2,1-4H3,(H,23,25). The first kappa shape index (κ1) is 22.9. The molecule has 1 atom stereocenters. The average molecular weight is 419 g/mol. The number of anilines is 1. The number of carbonyl (C=O) groups excluding carboxylic acids is 1. The lowest BCUT2D eigenvalue weighted by Crippen LogP contribution is -2.32. The molecule has 2 aromatic rings. The molecule has 0 saturated carbocycles. The fraction of sp³-hybridized carbons (Fsp3) is 0.409. The molecule has 0 radical (unpaired) electrons. The van der Waals surface area contributed by atoms with Crippen LogP contribution in [0.2, 0.25) is 0 Å². The van der Waals surface area contributed by atoms with E-state index < -0.39 is 16.1 Å². The Balaban J connectivity index is 2.06. The molecule has 0 fully saturated rings. The summed E-state index contributed by atoms with van der Waals surface area (Å²) >= 11 is 0. The van der Waals surface area contributed by atoms with Crippen molar-refractivity contribution in [3.63, 3.8) is 0 Å². The summed E-state index contributed by atoms with van der Waals surface area (Å²) in [5, 5.41) is 2.77. The Morgan fingerprint density at radius 2 is 1.62 bits per heavy atom. The molecule has 2 aromatic carbocycles. The van der Waals surface area contributed by atoms with Gasteiger partial charge in [0, 0.05) is 18.8 Å². The van der Waals surface area contributed by atoms with Crippen LogP contribution in [0.3, 0.4) is 0 Å². The summed E-state index contributed by atoms with van der Waals surface area (Å²) in [6.07, 6.45) is 0.822. The van der Waals surface area contributed by atoms with Crippen molar-refractivity contribution in [2.24, 2.45) is 0 Å².